The molecule has 0 unspecified atom stereocenters. The summed E-state index contributed by atoms with van der Waals surface area (Å²) in [5.74, 6) is 1.36. The topological polar surface area (TPSA) is 68.5 Å². The predicted octanol–water partition coefficient (Wildman–Crippen LogP) is 3.74. The van der Waals surface area contributed by atoms with E-state index in [0.29, 0.717) is 24.9 Å². The number of carbonyl (C=O) groups is 1. The molecular weight excluding hydrogens is 354 g/mol. The Morgan fingerprint density at radius 1 is 1.11 bits per heavy atom. The molecule has 3 aromatic rings. The first-order chi connectivity index (χ1) is 13.4. The van der Waals surface area contributed by atoms with E-state index in [1.54, 1.807) is 12.4 Å². The van der Waals surface area contributed by atoms with Crippen LogP contribution in [0.5, 0.6) is 0 Å². The second-order valence-electron chi connectivity index (χ2n) is 7.94. The molecule has 0 spiro atoms. The minimum Gasteiger partial charge on any atom is -0.436 e. The number of benzene rings is 1. The molecule has 2 aliphatic rings. The second-order valence-corrected chi connectivity index (χ2v) is 7.94. The Kier molecular flexibility index (Phi) is 3.67. The normalized spacial score (nSPS) is 18.2. The van der Waals surface area contributed by atoms with Gasteiger partial charge in [-0.3, -0.25) is 9.78 Å². The van der Waals surface area contributed by atoms with Gasteiger partial charge in [-0.2, -0.15) is 0 Å². The van der Waals surface area contributed by atoms with Gasteiger partial charge in [-0.05, 0) is 44.5 Å². The summed E-state index contributed by atoms with van der Waals surface area (Å²) in [6.07, 6.45) is 3.47. The van der Waals surface area contributed by atoms with Crippen LogP contribution in [-0.2, 0) is 14.9 Å². The number of pyridine rings is 1. The van der Waals surface area contributed by atoms with E-state index in [1.807, 2.05) is 56.0 Å². The highest BCUT2D eigenvalue weighted by Gasteiger charge is 2.48. The summed E-state index contributed by atoms with van der Waals surface area (Å²) in [5.41, 5.74) is 4.15. The van der Waals surface area contributed by atoms with E-state index >= 15 is 0 Å². The van der Waals surface area contributed by atoms with Crippen LogP contribution in [0, 0.1) is 6.92 Å². The summed E-state index contributed by atoms with van der Waals surface area (Å²) in [6, 6.07) is 9.98. The number of oxazole rings is 1. The lowest BCUT2D eigenvalue weighted by Crippen LogP contribution is -2.52. The number of anilines is 1. The van der Waals surface area contributed by atoms with Crippen molar-refractivity contribution in [3.8, 4) is 22.8 Å². The smallest absolute Gasteiger partial charge is 0.237 e. The Morgan fingerprint density at radius 2 is 1.93 bits per heavy atom. The Morgan fingerprint density at radius 3 is 2.64 bits per heavy atom. The highest BCUT2D eigenvalue weighted by atomic mass is 16.5. The molecule has 142 valence electrons. The third kappa shape index (κ3) is 2.48. The average molecular weight is 375 g/mol. The Labute approximate surface area is 163 Å². The minimum absolute atomic E-state index is 0.105. The van der Waals surface area contributed by atoms with Gasteiger partial charge in [-0.25, -0.2) is 4.98 Å². The molecule has 0 bridgehead atoms. The lowest BCUT2D eigenvalue weighted by molar-refractivity contribution is -0.124. The molecule has 1 amide bonds. The first-order valence-electron chi connectivity index (χ1n) is 9.40. The number of rotatable bonds is 3. The van der Waals surface area contributed by atoms with Crippen molar-refractivity contribution < 1.29 is 13.9 Å². The van der Waals surface area contributed by atoms with E-state index in [9.17, 15) is 4.79 Å². The Bertz CT molecular complexity index is 1080. The zero-order valence-electron chi connectivity index (χ0n) is 16.1. The fourth-order valence-electron chi connectivity index (χ4n) is 3.89. The van der Waals surface area contributed by atoms with E-state index in [-0.39, 0.29) is 11.9 Å². The average Bonchev–Trinajstić information content (AvgIpc) is 3.19. The van der Waals surface area contributed by atoms with Crippen LogP contribution in [0.15, 0.2) is 47.1 Å². The third-order valence-electron chi connectivity index (χ3n) is 5.60. The number of amides is 1. The van der Waals surface area contributed by atoms with Crippen molar-refractivity contribution in [2.75, 3.05) is 18.1 Å². The molecule has 5 rings (SSSR count). The van der Waals surface area contributed by atoms with E-state index in [0.717, 1.165) is 28.1 Å². The summed E-state index contributed by atoms with van der Waals surface area (Å²) in [6.45, 7) is 7.06. The third-order valence-corrected chi connectivity index (χ3v) is 5.60. The van der Waals surface area contributed by atoms with Gasteiger partial charge in [0.2, 0.25) is 11.8 Å². The summed E-state index contributed by atoms with van der Waals surface area (Å²) in [4.78, 5) is 23.5. The van der Waals surface area contributed by atoms with Crippen molar-refractivity contribution >= 4 is 11.6 Å². The van der Waals surface area contributed by atoms with Crippen molar-refractivity contribution in [3.63, 3.8) is 0 Å². The van der Waals surface area contributed by atoms with Gasteiger partial charge in [-0.1, -0.05) is 12.1 Å². The molecule has 1 fully saturated rings. The Hall–Kier alpha value is -2.99. The zero-order chi connectivity index (χ0) is 19.5. The van der Waals surface area contributed by atoms with Crippen LogP contribution in [0.2, 0.25) is 0 Å². The molecule has 0 N–H and O–H groups in total. The van der Waals surface area contributed by atoms with Crippen molar-refractivity contribution in [1.29, 1.82) is 0 Å². The molecule has 4 heterocycles. The summed E-state index contributed by atoms with van der Waals surface area (Å²) >= 11 is 0. The van der Waals surface area contributed by atoms with Crippen molar-refractivity contribution in [2.45, 2.75) is 32.2 Å². The molecule has 28 heavy (non-hydrogen) atoms. The highest BCUT2D eigenvalue weighted by molar-refractivity contribution is 6.08. The zero-order valence-corrected chi connectivity index (χ0v) is 16.1. The van der Waals surface area contributed by atoms with Crippen LogP contribution in [0.4, 0.5) is 5.69 Å². The standard InChI is InChI=1S/C22H21N3O3/c1-13-8-15(6-7-23-13)20-24-10-19(28-20)14-4-5-17-18(9-14)25(16-11-27-12-16)21(26)22(17,2)3/h4-10,16H,11-12H2,1-3H3. The molecule has 2 aliphatic heterocycles. The van der Waals surface area contributed by atoms with Crippen LogP contribution in [0.3, 0.4) is 0 Å². The highest BCUT2D eigenvalue weighted by Crippen LogP contribution is 2.45. The lowest BCUT2D eigenvalue weighted by Gasteiger charge is -2.35. The first kappa shape index (κ1) is 17.1. The molecule has 0 radical (unpaired) electrons. The summed E-state index contributed by atoms with van der Waals surface area (Å²) in [7, 11) is 0. The number of carbonyl (C=O) groups excluding carboxylic acids is 1. The minimum atomic E-state index is -0.537. The molecule has 1 aromatic carbocycles. The van der Waals surface area contributed by atoms with Crippen molar-refractivity contribution in [1.82, 2.24) is 9.97 Å². The van der Waals surface area contributed by atoms with Crippen molar-refractivity contribution in [3.05, 3.63) is 54.0 Å². The van der Waals surface area contributed by atoms with Crippen LogP contribution in [0.25, 0.3) is 22.8 Å². The van der Waals surface area contributed by atoms with E-state index < -0.39 is 5.41 Å². The maximum absolute atomic E-state index is 13.0. The van der Waals surface area contributed by atoms with Crippen LogP contribution in [0.1, 0.15) is 25.1 Å². The number of hydrogen-bond acceptors (Lipinski definition) is 5. The van der Waals surface area contributed by atoms with Gasteiger partial charge < -0.3 is 14.1 Å². The van der Waals surface area contributed by atoms with Gasteiger partial charge in [0.1, 0.15) is 0 Å². The quantitative estimate of drug-likeness (QED) is 0.698. The second kappa shape index (κ2) is 6.01. The fourth-order valence-corrected chi connectivity index (χ4v) is 3.89. The maximum atomic E-state index is 13.0. The summed E-state index contributed by atoms with van der Waals surface area (Å²) < 4.78 is 11.3. The van der Waals surface area contributed by atoms with Gasteiger partial charge in [0.25, 0.3) is 0 Å². The van der Waals surface area contributed by atoms with Gasteiger partial charge in [-0.15, -0.1) is 0 Å². The molecule has 6 nitrogen and oxygen atoms in total. The number of hydrogen-bond donors (Lipinski definition) is 0. The number of aromatic nitrogens is 2. The summed E-state index contributed by atoms with van der Waals surface area (Å²) in [5, 5.41) is 0. The molecular formula is C22H21N3O3. The lowest BCUT2D eigenvalue weighted by atomic mass is 9.86. The fraction of sp³-hybridized carbons (Fsp3) is 0.318. The molecule has 6 heteroatoms. The number of fused-ring (bicyclic) bond motifs is 1. The van der Waals surface area contributed by atoms with Crippen LogP contribution in [-0.4, -0.2) is 35.1 Å². The Balaban J connectivity index is 1.55. The van der Waals surface area contributed by atoms with E-state index in [2.05, 4.69) is 9.97 Å². The van der Waals surface area contributed by atoms with E-state index in [1.165, 1.54) is 0 Å². The van der Waals surface area contributed by atoms with Gasteiger partial charge >= 0.3 is 0 Å². The van der Waals surface area contributed by atoms with Gasteiger partial charge in [0.15, 0.2) is 5.76 Å². The monoisotopic (exact) mass is 375 g/mol. The largest absolute Gasteiger partial charge is 0.436 e. The molecule has 0 aliphatic carbocycles. The number of aryl methyl sites for hydroxylation is 1. The molecule has 0 saturated carbocycles. The first-order valence-corrected chi connectivity index (χ1v) is 9.40. The van der Waals surface area contributed by atoms with Crippen LogP contribution >= 0.6 is 0 Å². The van der Waals surface area contributed by atoms with Gasteiger partial charge in [0.05, 0.1) is 30.9 Å². The predicted molar refractivity (Wildman–Crippen MR) is 105 cm³/mol. The van der Waals surface area contributed by atoms with Crippen molar-refractivity contribution in [2.24, 2.45) is 0 Å². The van der Waals surface area contributed by atoms with Crippen LogP contribution < -0.4 is 4.90 Å². The number of nitrogens with zero attached hydrogens (tertiary/aromatic N) is 3. The molecule has 0 atom stereocenters. The molecule has 1 saturated heterocycles. The van der Waals surface area contributed by atoms with E-state index in [4.69, 9.17) is 9.15 Å². The maximum Gasteiger partial charge on any atom is 0.237 e. The number of ether oxygens (including phenoxy) is 1. The van der Waals surface area contributed by atoms with Gasteiger partial charge in [0, 0.05) is 28.7 Å². The SMILES string of the molecule is Cc1cc(-c2ncc(-c3ccc4c(c3)N(C3COC3)C(=O)C4(C)C)o2)ccn1. The molecule has 2 aromatic heterocycles.